The van der Waals surface area contributed by atoms with E-state index >= 15 is 0 Å². The summed E-state index contributed by atoms with van der Waals surface area (Å²) in [4.78, 5) is 18.4. The molecule has 3 rings (SSSR count). The smallest absolute Gasteiger partial charge is 0.276 e. The molecule has 4 nitrogen and oxygen atoms in total. The molecule has 0 saturated heterocycles. The molecule has 0 spiro atoms. The molecule has 0 bridgehead atoms. The minimum Gasteiger partial charge on any atom is -0.354 e. The second-order valence-electron chi connectivity index (χ2n) is 5.27. The average Bonchev–Trinajstić information content (AvgIpc) is 2.62. The highest BCUT2D eigenvalue weighted by Crippen LogP contribution is 2.20. The zero-order valence-corrected chi connectivity index (χ0v) is 14.7. The number of para-hydroxylation sites is 1. The number of carbonyl (C=O) groups excluding carboxylic acids is 1. The Labute approximate surface area is 149 Å². The number of aromatic nitrogens is 1. The molecule has 1 N–H and O–H groups in total. The van der Waals surface area contributed by atoms with Gasteiger partial charge in [-0.05, 0) is 42.5 Å². The van der Waals surface area contributed by atoms with Crippen LogP contribution in [-0.4, -0.2) is 17.9 Å². The second kappa shape index (κ2) is 7.27. The fourth-order valence-electron chi connectivity index (χ4n) is 2.27. The van der Waals surface area contributed by atoms with E-state index in [4.69, 9.17) is 0 Å². The van der Waals surface area contributed by atoms with Gasteiger partial charge in [-0.2, -0.15) is 0 Å². The van der Waals surface area contributed by atoms with Crippen molar-refractivity contribution < 1.29 is 4.79 Å². The molecule has 2 aromatic carbocycles. The SMILES string of the molecule is CN(C(=O)c1ccc(Nc2cccc(Br)c2)cn1)c1ccccc1. The molecule has 0 saturated carbocycles. The van der Waals surface area contributed by atoms with E-state index in [1.54, 1.807) is 24.2 Å². The number of hydrogen-bond acceptors (Lipinski definition) is 3. The van der Waals surface area contributed by atoms with Gasteiger partial charge in [0.1, 0.15) is 5.69 Å². The quantitative estimate of drug-likeness (QED) is 0.701. The molecule has 1 amide bonds. The average molecular weight is 382 g/mol. The third kappa shape index (κ3) is 3.81. The van der Waals surface area contributed by atoms with Crippen molar-refractivity contribution >= 4 is 38.9 Å². The van der Waals surface area contributed by atoms with Crippen LogP contribution in [0.2, 0.25) is 0 Å². The van der Waals surface area contributed by atoms with Crippen LogP contribution in [0.4, 0.5) is 17.1 Å². The predicted molar refractivity (Wildman–Crippen MR) is 101 cm³/mol. The summed E-state index contributed by atoms with van der Waals surface area (Å²) >= 11 is 3.44. The Morgan fingerprint density at radius 2 is 1.79 bits per heavy atom. The van der Waals surface area contributed by atoms with Gasteiger partial charge in [0, 0.05) is 22.9 Å². The molecule has 5 heteroatoms. The third-order valence-electron chi connectivity index (χ3n) is 3.54. The molecule has 3 aromatic rings. The highest BCUT2D eigenvalue weighted by Gasteiger charge is 2.14. The zero-order chi connectivity index (χ0) is 16.9. The Hall–Kier alpha value is -2.66. The van der Waals surface area contributed by atoms with Crippen LogP contribution in [0, 0.1) is 0 Å². The lowest BCUT2D eigenvalue weighted by molar-refractivity contribution is 0.0988. The summed E-state index contributed by atoms with van der Waals surface area (Å²) in [5, 5.41) is 3.25. The summed E-state index contributed by atoms with van der Waals surface area (Å²) in [5.74, 6) is -0.143. The molecular weight excluding hydrogens is 366 g/mol. The van der Waals surface area contributed by atoms with E-state index in [9.17, 15) is 4.79 Å². The van der Waals surface area contributed by atoms with Gasteiger partial charge in [0.15, 0.2) is 0 Å². The van der Waals surface area contributed by atoms with Crippen LogP contribution in [0.3, 0.4) is 0 Å². The number of amides is 1. The molecule has 1 heterocycles. The van der Waals surface area contributed by atoms with Gasteiger partial charge >= 0.3 is 0 Å². The number of benzene rings is 2. The second-order valence-corrected chi connectivity index (χ2v) is 6.18. The lowest BCUT2D eigenvalue weighted by Crippen LogP contribution is -2.26. The van der Waals surface area contributed by atoms with Crippen LogP contribution in [-0.2, 0) is 0 Å². The lowest BCUT2D eigenvalue weighted by atomic mass is 10.2. The van der Waals surface area contributed by atoms with Crippen molar-refractivity contribution in [1.29, 1.82) is 0 Å². The van der Waals surface area contributed by atoms with Crippen molar-refractivity contribution in [3.63, 3.8) is 0 Å². The summed E-state index contributed by atoms with van der Waals surface area (Å²) in [7, 11) is 1.74. The first-order valence-corrected chi connectivity index (χ1v) is 8.24. The molecule has 0 fully saturated rings. The zero-order valence-electron chi connectivity index (χ0n) is 13.1. The molecule has 0 unspecified atom stereocenters. The first-order chi connectivity index (χ1) is 11.6. The van der Waals surface area contributed by atoms with Crippen LogP contribution in [0.25, 0.3) is 0 Å². The van der Waals surface area contributed by atoms with Gasteiger partial charge in [0.25, 0.3) is 5.91 Å². The normalized spacial score (nSPS) is 10.2. The van der Waals surface area contributed by atoms with Gasteiger partial charge < -0.3 is 10.2 Å². The minimum atomic E-state index is -0.143. The molecule has 1 aromatic heterocycles. The first kappa shape index (κ1) is 16.2. The summed E-state index contributed by atoms with van der Waals surface area (Å²) in [6.45, 7) is 0. The maximum atomic E-state index is 12.5. The number of halogens is 1. The number of rotatable bonds is 4. The van der Waals surface area contributed by atoms with Gasteiger partial charge in [-0.3, -0.25) is 4.79 Å². The van der Waals surface area contributed by atoms with Crippen LogP contribution >= 0.6 is 15.9 Å². The van der Waals surface area contributed by atoms with Gasteiger partial charge in [-0.25, -0.2) is 4.98 Å². The van der Waals surface area contributed by atoms with Gasteiger partial charge in [0.2, 0.25) is 0 Å². The standard InChI is InChI=1S/C19H16BrN3O/c1-23(17-8-3-2-4-9-17)19(24)18-11-10-16(13-21-18)22-15-7-5-6-14(20)12-15/h2-13,22H,1H3. The summed E-state index contributed by atoms with van der Waals surface area (Å²) in [6, 6.07) is 20.9. The highest BCUT2D eigenvalue weighted by molar-refractivity contribution is 9.10. The molecule has 0 aliphatic rings. The predicted octanol–water partition coefficient (Wildman–Crippen LogP) is 4.86. The van der Waals surface area contributed by atoms with E-state index < -0.39 is 0 Å². The lowest BCUT2D eigenvalue weighted by Gasteiger charge is -2.16. The van der Waals surface area contributed by atoms with Crippen LogP contribution in [0.5, 0.6) is 0 Å². The van der Waals surface area contributed by atoms with Crippen LogP contribution < -0.4 is 10.2 Å². The number of nitrogens with one attached hydrogen (secondary N) is 1. The van der Waals surface area contributed by atoms with Crippen LogP contribution in [0.1, 0.15) is 10.5 Å². The first-order valence-electron chi connectivity index (χ1n) is 7.45. The summed E-state index contributed by atoms with van der Waals surface area (Å²) in [5.41, 5.74) is 3.01. The molecule has 120 valence electrons. The highest BCUT2D eigenvalue weighted by atomic mass is 79.9. The summed E-state index contributed by atoms with van der Waals surface area (Å²) in [6.07, 6.45) is 1.66. The fourth-order valence-corrected chi connectivity index (χ4v) is 2.67. The van der Waals surface area contributed by atoms with Gasteiger partial charge in [0.05, 0.1) is 11.9 Å². The Morgan fingerprint density at radius 1 is 1.00 bits per heavy atom. The molecule has 0 radical (unpaired) electrons. The molecule has 0 atom stereocenters. The Balaban J connectivity index is 1.73. The largest absolute Gasteiger partial charge is 0.354 e. The monoisotopic (exact) mass is 381 g/mol. The topological polar surface area (TPSA) is 45.2 Å². The third-order valence-corrected chi connectivity index (χ3v) is 4.04. The van der Waals surface area contributed by atoms with Crippen molar-refractivity contribution in [3.05, 3.63) is 83.1 Å². The number of nitrogens with zero attached hydrogens (tertiary/aromatic N) is 2. The number of pyridine rings is 1. The number of carbonyl (C=O) groups is 1. The summed E-state index contributed by atoms with van der Waals surface area (Å²) < 4.78 is 0.997. The van der Waals surface area contributed by atoms with Gasteiger partial charge in [-0.15, -0.1) is 0 Å². The maximum Gasteiger partial charge on any atom is 0.276 e. The molecule has 0 aliphatic carbocycles. The van der Waals surface area contributed by atoms with Gasteiger partial charge in [-0.1, -0.05) is 40.2 Å². The van der Waals surface area contributed by atoms with Crippen LogP contribution in [0.15, 0.2) is 77.4 Å². The van der Waals surface area contributed by atoms with Crippen molar-refractivity contribution in [1.82, 2.24) is 4.98 Å². The van der Waals surface area contributed by atoms with Crippen molar-refractivity contribution in [2.45, 2.75) is 0 Å². The van der Waals surface area contributed by atoms with E-state index in [1.165, 1.54) is 0 Å². The maximum absolute atomic E-state index is 12.5. The molecule has 0 aliphatic heterocycles. The van der Waals surface area contributed by atoms with Crippen molar-refractivity contribution in [3.8, 4) is 0 Å². The van der Waals surface area contributed by atoms with Crippen molar-refractivity contribution in [2.75, 3.05) is 17.3 Å². The van der Waals surface area contributed by atoms with E-state index in [1.807, 2.05) is 60.7 Å². The van der Waals surface area contributed by atoms with E-state index in [2.05, 4.69) is 26.2 Å². The van der Waals surface area contributed by atoms with Crippen molar-refractivity contribution in [2.24, 2.45) is 0 Å². The van der Waals surface area contributed by atoms with E-state index in [0.29, 0.717) is 5.69 Å². The fraction of sp³-hybridized carbons (Fsp3) is 0.0526. The Kier molecular flexibility index (Phi) is 4.91. The molecular formula is C19H16BrN3O. The Morgan fingerprint density at radius 3 is 2.46 bits per heavy atom. The minimum absolute atomic E-state index is 0.143. The van der Waals surface area contributed by atoms with E-state index in [-0.39, 0.29) is 5.91 Å². The Bertz CT molecular complexity index is 835. The number of hydrogen-bond donors (Lipinski definition) is 1. The van der Waals surface area contributed by atoms with E-state index in [0.717, 1.165) is 21.5 Å². The number of anilines is 3. The molecule has 24 heavy (non-hydrogen) atoms.